The first-order chi connectivity index (χ1) is 20.4. The number of carbonyl (C=O) groups is 5. The Morgan fingerprint density at radius 1 is 1.02 bits per heavy atom. The van der Waals surface area contributed by atoms with E-state index in [9.17, 15) is 28.5 Å². The molecule has 2 aliphatic heterocycles. The van der Waals surface area contributed by atoms with Crippen LogP contribution in [-0.4, -0.2) is 74.0 Å². The van der Waals surface area contributed by atoms with Crippen LogP contribution in [0.5, 0.6) is 5.75 Å². The number of nitrogens with zero attached hydrogens (tertiary/aromatic N) is 2. The van der Waals surface area contributed by atoms with Crippen LogP contribution in [0.15, 0.2) is 54.6 Å². The molecule has 0 spiro atoms. The van der Waals surface area contributed by atoms with Gasteiger partial charge in [0.2, 0.25) is 23.6 Å². The first-order valence-corrected chi connectivity index (χ1v) is 15.3. The Labute approximate surface area is 248 Å². The molecule has 0 aromatic heterocycles. The van der Waals surface area contributed by atoms with E-state index in [2.05, 4.69) is 20.5 Å². The zero-order valence-electron chi connectivity index (χ0n) is 23.5. The lowest BCUT2D eigenvalue weighted by atomic mass is 10.0. The first-order valence-electron chi connectivity index (χ1n) is 13.8. The molecular weight excluding hydrogens is 581 g/mol. The molecule has 2 aromatic rings. The number of nitrogens with one attached hydrogen (secondary N) is 3. The van der Waals surface area contributed by atoms with Gasteiger partial charge in [0, 0.05) is 32.9 Å². The van der Waals surface area contributed by atoms with E-state index >= 15 is 0 Å². The maximum absolute atomic E-state index is 13.8. The highest BCUT2D eigenvalue weighted by Gasteiger charge is 2.44. The van der Waals surface area contributed by atoms with Crippen molar-refractivity contribution in [2.45, 2.75) is 63.7 Å². The number of rotatable bonds is 10. The Morgan fingerprint density at radius 2 is 1.72 bits per heavy atom. The number of hydrogen-bond acceptors (Lipinski definition) is 7. The number of amides is 5. The Morgan fingerprint density at radius 3 is 2.37 bits per heavy atom. The molecule has 5 N–H and O–H groups in total. The Hall–Kier alpha value is -4.26. The molecule has 0 saturated carbocycles. The summed E-state index contributed by atoms with van der Waals surface area (Å²) in [6.07, 6.45) is 0.834. The minimum Gasteiger partial charge on any atom is -0.404 e. The third kappa shape index (κ3) is 8.63. The van der Waals surface area contributed by atoms with Crippen LogP contribution in [0, 0.1) is 0 Å². The van der Waals surface area contributed by atoms with Gasteiger partial charge >= 0.3 is 7.82 Å². The SMILES string of the molecule is CC(=O)NC(Cc1ccc(OP(=O)(O)O)cc1)C(=O)NC1CCC(=O)N2CCCC(C(=O)NCc3ccccc3)N2C1=O. The van der Waals surface area contributed by atoms with Gasteiger partial charge in [-0.1, -0.05) is 42.5 Å². The van der Waals surface area contributed by atoms with E-state index < -0.39 is 49.6 Å². The molecule has 3 atom stereocenters. The highest BCUT2D eigenvalue weighted by Crippen LogP contribution is 2.37. The number of benzene rings is 2. The summed E-state index contributed by atoms with van der Waals surface area (Å²) in [6.45, 7) is 1.75. The lowest BCUT2D eigenvalue weighted by Crippen LogP contribution is -2.64. The fourth-order valence-electron chi connectivity index (χ4n) is 5.10. The molecule has 14 nitrogen and oxygen atoms in total. The van der Waals surface area contributed by atoms with Crippen molar-refractivity contribution in [3.63, 3.8) is 0 Å². The summed E-state index contributed by atoms with van der Waals surface area (Å²) in [5.74, 6) is -2.60. The zero-order chi connectivity index (χ0) is 31.1. The standard InChI is InChI=1S/C28H34N5O9P/c1-18(34)30-23(16-19-9-11-21(12-10-19)42-43(39,40)41)26(36)31-22-13-14-25(35)32-15-5-8-24(33(32)28(22)38)27(37)29-17-20-6-3-2-4-7-20/h2-4,6-7,9-12,22-24H,5,8,13-17H2,1H3,(H,29,37)(H,30,34)(H,31,36)(H2,39,40,41). The molecule has 230 valence electrons. The van der Waals surface area contributed by atoms with Gasteiger partial charge in [-0.2, -0.15) is 0 Å². The molecule has 2 aromatic carbocycles. The van der Waals surface area contributed by atoms with Gasteiger partial charge in [0.25, 0.3) is 5.91 Å². The lowest BCUT2D eigenvalue weighted by Gasteiger charge is -2.43. The van der Waals surface area contributed by atoms with Crippen LogP contribution in [0.3, 0.4) is 0 Å². The number of phosphoric acid groups is 1. The van der Waals surface area contributed by atoms with Gasteiger partial charge in [-0.25, -0.2) is 9.57 Å². The number of hydrogen-bond donors (Lipinski definition) is 5. The van der Waals surface area contributed by atoms with Gasteiger partial charge in [0.05, 0.1) is 0 Å². The number of hydrazine groups is 1. The molecule has 0 radical (unpaired) electrons. The fraction of sp³-hybridized carbons (Fsp3) is 0.393. The van der Waals surface area contributed by atoms with E-state index in [4.69, 9.17) is 9.79 Å². The summed E-state index contributed by atoms with van der Waals surface area (Å²) < 4.78 is 15.6. The summed E-state index contributed by atoms with van der Waals surface area (Å²) >= 11 is 0. The predicted molar refractivity (Wildman–Crippen MR) is 151 cm³/mol. The number of phosphoric ester groups is 1. The van der Waals surface area contributed by atoms with Crippen molar-refractivity contribution >= 4 is 37.4 Å². The lowest BCUT2D eigenvalue weighted by molar-refractivity contribution is -0.176. The molecule has 3 unspecified atom stereocenters. The molecule has 2 heterocycles. The van der Waals surface area contributed by atoms with Crippen molar-refractivity contribution in [3.05, 3.63) is 65.7 Å². The Bertz CT molecular complexity index is 1400. The van der Waals surface area contributed by atoms with Crippen molar-refractivity contribution in [2.24, 2.45) is 0 Å². The predicted octanol–water partition coefficient (Wildman–Crippen LogP) is 0.535. The molecular formula is C28H34N5O9P. The topological polar surface area (TPSA) is 195 Å². The van der Waals surface area contributed by atoms with Crippen LogP contribution < -0.4 is 20.5 Å². The summed E-state index contributed by atoms with van der Waals surface area (Å²) in [5.41, 5.74) is 1.41. The second kappa shape index (κ2) is 13.8. The largest absolute Gasteiger partial charge is 0.524 e. The molecule has 0 aliphatic carbocycles. The maximum Gasteiger partial charge on any atom is 0.524 e. The minimum absolute atomic E-state index is 0.00989. The molecule has 15 heteroatoms. The molecule has 43 heavy (non-hydrogen) atoms. The average Bonchev–Trinajstić information content (AvgIpc) is 3.08. The molecule has 4 rings (SSSR count). The van der Waals surface area contributed by atoms with Gasteiger partial charge < -0.3 is 20.5 Å². The van der Waals surface area contributed by atoms with Gasteiger partial charge in [-0.05, 0) is 42.5 Å². The van der Waals surface area contributed by atoms with Crippen molar-refractivity contribution in [1.82, 2.24) is 26.0 Å². The first kappa shape index (κ1) is 31.7. The van der Waals surface area contributed by atoms with E-state index in [0.29, 0.717) is 18.4 Å². The zero-order valence-corrected chi connectivity index (χ0v) is 24.4. The summed E-state index contributed by atoms with van der Waals surface area (Å²) in [6, 6.07) is 11.7. The summed E-state index contributed by atoms with van der Waals surface area (Å²) in [5, 5.41) is 10.5. The Kier molecular flexibility index (Phi) is 10.2. The third-order valence-electron chi connectivity index (χ3n) is 7.07. The molecule has 2 aliphatic rings. The average molecular weight is 616 g/mol. The van der Waals surface area contributed by atoms with Crippen LogP contribution in [0.25, 0.3) is 0 Å². The minimum atomic E-state index is -4.75. The van der Waals surface area contributed by atoms with Crippen LogP contribution >= 0.6 is 7.82 Å². The number of carbonyl (C=O) groups excluding carboxylic acids is 5. The molecule has 2 saturated heterocycles. The fourth-order valence-corrected chi connectivity index (χ4v) is 5.49. The molecule has 5 amide bonds. The smallest absolute Gasteiger partial charge is 0.404 e. The monoisotopic (exact) mass is 615 g/mol. The van der Waals surface area contributed by atoms with E-state index in [1.165, 1.54) is 36.2 Å². The second-order valence-corrected chi connectivity index (χ2v) is 11.5. The van der Waals surface area contributed by atoms with Crippen LogP contribution in [0.4, 0.5) is 0 Å². The second-order valence-electron chi connectivity index (χ2n) is 10.3. The molecule has 0 bridgehead atoms. The van der Waals surface area contributed by atoms with Crippen LogP contribution in [0.1, 0.15) is 43.7 Å². The summed E-state index contributed by atoms with van der Waals surface area (Å²) in [4.78, 5) is 83.2. The number of fused-ring (bicyclic) bond motifs is 1. The van der Waals surface area contributed by atoms with E-state index in [0.717, 1.165) is 10.6 Å². The Balaban J connectivity index is 1.47. The maximum atomic E-state index is 13.8. The van der Waals surface area contributed by atoms with Crippen LogP contribution in [0.2, 0.25) is 0 Å². The van der Waals surface area contributed by atoms with E-state index in [1.54, 1.807) is 0 Å². The van der Waals surface area contributed by atoms with Crippen molar-refractivity contribution in [2.75, 3.05) is 6.54 Å². The van der Waals surface area contributed by atoms with Crippen molar-refractivity contribution < 1.29 is 42.8 Å². The van der Waals surface area contributed by atoms with Gasteiger partial charge in [-0.15, -0.1) is 0 Å². The quantitative estimate of drug-likeness (QED) is 0.237. The normalized spacial score (nSPS) is 19.5. The summed E-state index contributed by atoms with van der Waals surface area (Å²) in [7, 11) is -4.75. The van der Waals surface area contributed by atoms with E-state index in [1.807, 2.05) is 30.3 Å². The highest BCUT2D eigenvalue weighted by atomic mass is 31.2. The van der Waals surface area contributed by atoms with Crippen molar-refractivity contribution in [1.29, 1.82) is 0 Å². The highest BCUT2D eigenvalue weighted by molar-refractivity contribution is 7.46. The van der Waals surface area contributed by atoms with Gasteiger partial charge in [0.1, 0.15) is 23.9 Å². The van der Waals surface area contributed by atoms with Crippen molar-refractivity contribution in [3.8, 4) is 5.75 Å². The van der Waals surface area contributed by atoms with E-state index in [-0.39, 0.29) is 44.0 Å². The van der Waals surface area contributed by atoms with Crippen LogP contribution in [-0.2, 0) is 41.5 Å². The van der Waals surface area contributed by atoms with Gasteiger partial charge in [0.15, 0.2) is 0 Å². The van der Waals surface area contributed by atoms with Gasteiger partial charge in [-0.3, -0.25) is 38.8 Å². The third-order valence-corrected chi connectivity index (χ3v) is 7.52. The molecule has 2 fully saturated rings.